The van der Waals surface area contributed by atoms with Crippen molar-refractivity contribution in [2.75, 3.05) is 18.0 Å². The van der Waals surface area contributed by atoms with E-state index < -0.39 is 4.92 Å². The standard InChI is InChI=1S/C16H15N3O4S/c20-15(3-6-17-16(21)12-5-8-24-10-12)18-7-4-11-1-2-13(19(22)23)9-14(11)18/h1-2,5,8-10H,3-4,6-7H2,(H,17,21). The van der Waals surface area contributed by atoms with E-state index in [1.807, 2.05) is 5.38 Å². The molecule has 1 N–H and O–H groups in total. The van der Waals surface area contributed by atoms with Gasteiger partial charge in [0.15, 0.2) is 0 Å². The van der Waals surface area contributed by atoms with Gasteiger partial charge in [0.2, 0.25) is 5.91 Å². The molecule has 24 heavy (non-hydrogen) atoms. The average Bonchev–Trinajstić information content (AvgIpc) is 3.23. The van der Waals surface area contributed by atoms with Crippen LogP contribution in [-0.2, 0) is 11.2 Å². The number of hydrogen-bond acceptors (Lipinski definition) is 5. The maximum absolute atomic E-state index is 12.4. The Morgan fingerprint density at radius 1 is 1.33 bits per heavy atom. The van der Waals surface area contributed by atoms with Crippen LogP contribution in [-0.4, -0.2) is 29.8 Å². The molecule has 0 bridgehead atoms. The zero-order chi connectivity index (χ0) is 17.1. The molecule has 0 saturated carbocycles. The van der Waals surface area contributed by atoms with Crippen LogP contribution in [0.5, 0.6) is 0 Å². The highest BCUT2D eigenvalue weighted by atomic mass is 32.1. The summed E-state index contributed by atoms with van der Waals surface area (Å²) in [5.41, 5.74) is 2.07. The van der Waals surface area contributed by atoms with Crippen molar-refractivity contribution in [2.45, 2.75) is 12.8 Å². The Bertz CT molecular complexity index is 789. The van der Waals surface area contributed by atoms with Crippen molar-refractivity contribution in [3.8, 4) is 0 Å². The fourth-order valence-corrected chi connectivity index (χ4v) is 3.29. The number of anilines is 1. The molecule has 3 rings (SSSR count). The van der Waals surface area contributed by atoms with E-state index in [0.717, 1.165) is 5.56 Å². The van der Waals surface area contributed by atoms with Crippen LogP contribution in [0, 0.1) is 10.1 Å². The van der Waals surface area contributed by atoms with E-state index in [1.54, 1.807) is 22.4 Å². The highest BCUT2D eigenvalue weighted by Crippen LogP contribution is 2.31. The summed E-state index contributed by atoms with van der Waals surface area (Å²) < 4.78 is 0. The van der Waals surface area contributed by atoms with Gasteiger partial charge in [0.25, 0.3) is 11.6 Å². The average molecular weight is 345 g/mol. The van der Waals surface area contributed by atoms with Gasteiger partial charge in [-0.15, -0.1) is 0 Å². The number of nitrogens with zero attached hydrogens (tertiary/aromatic N) is 2. The van der Waals surface area contributed by atoms with Gasteiger partial charge >= 0.3 is 0 Å². The van der Waals surface area contributed by atoms with Crippen molar-refractivity contribution >= 4 is 34.5 Å². The predicted molar refractivity (Wildman–Crippen MR) is 90.4 cm³/mol. The summed E-state index contributed by atoms with van der Waals surface area (Å²) in [5.74, 6) is -0.360. The molecule has 1 aliphatic heterocycles. The first kappa shape index (κ1) is 16.1. The van der Waals surface area contributed by atoms with E-state index in [0.29, 0.717) is 24.2 Å². The van der Waals surface area contributed by atoms with Crippen LogP contribution in [0.25, 0.3) is 0 Å². The van der Waals surface area contributed by atoms with E-state index >= 15 is 0 Å². The number of hydrogen-bond donors (Lipinski definition) is 1. The molecule has 0 atom stereocenters. The summed E-state index contributed by atoms with van der Waals surface area (Å²) in [6, 6.07) is 6.30. The van der Waals surface area contributed by atoms with Gasteiger partial charge in [-0.1, -0.05) is 6.07 Å². The number of nitro groups is 1. The van der Waals surface area contributed by atoms with Crippen molar-refractivity contribution in [3.63, 3.8) is 0 Å². The van der Waals surface area contributed by atoms with Crippen LogP contribution in [0.4, 0.5) is 11.4 Å². The van der Waals surface area contributed by atoms with Crippen LogP contribution in [0.3, 0.4) is 0 Å². The molecule has 1 aliphatic rings. The van der Waals surface area contributed by atoms with Gasteiger partial charge in [0.1, 0.15) is 0 Å². The van der Waals surface area contributed by atoms with Crippen LogP contribution < -0.4 is 10.2 Å². The van der Waals surface area contributed by atoms with Gasteiger partial charge < -0.3 is 10.2 Å². The van der Waals surface area contributed by atoms with Gasteiger partial charge in [0.05, 0.1) is 10.6 Å². The summed E-state index contributed by atoms with van der Waals surface area (Å²) in [4.78, 5) is 36.2. The third-order valence-electron chi connectivity index (χ3n) is 3.88. The van der Waals surface area contributed by atoms with E-state index in [4.69, 9.17) is 0 Å². The minimum Gasteiger partial charge on any atom is -0.351 e. The highest BCUT2D eigenvalue weighted by Gasteiger charge is 2.26. The van der Waals surface area contributed by atoms with E-state index in [2.05, 4.69) is 5.32 Å². The molecule has 2 amide bonds. The van der Waals surface area contributed by atoms with Gasteiger partial charge in [-0.25, -0.2) is 0 Å². The Balaban J connectivity index is 1.60. The lowest BCUT2D eigenvalue weighted by Crippen LogP contribution is -2.33. The summed E-state index contributed by atoms with van der Waals surface area (Å²) in [6.45, 7) is 0.738. The number of non-ortho nitro benzene ring substituents is 1. The van der Waals surface area contributed by atoms with Crippen LogP contribution >= 0.6 is 11.3 Å². The molecule has 0 fully saturated rings. The second kappa shape index (κ2) is 6.79. The molecule has 0 saturated heterocycles. The summed E-state index contributed by atoms with van der Waals surface area (Å²) in [7, 11) is 0. The number of rotatable bonds is 5. The number of carbonyl (C=O) groups is 2. The van der Waals surface area contributed by atoms with E-state index in [9.17, 15) is 19.7 Å². The normalized spacial score (nSPS) is 12.8. The van der Waals surface area contributed by atoms with Gasteiger partial charge in [-0.2, -0.15) is 11.3 Å². The largest absolute Gasteiger partial charge is 0.351 e. The predicted octanol–water partition coefficient (Wildman–Crippen LogP) is 2.37. The number of carbonyl (C=O) groups excluding carboxylic acids is 2. The van der Waals surface area contributed by atoms with Gasteiger partial charge in [0, 0.05) is 42.6 Å². The molecule has 0 radical (unpaired) electrons. The maximum Gasteiger partial charge on any atom is 0.271 e. The number of nitro benzene ring substituents is 1. The van der Waals surface area contributed by atoms with Crippen molar-refractivity contribution in [3.05, 3.63) is 56.3 Å². The number of nitrogens with one attached hydrogen (secondary N) is 1. The zero-order valence-electron chi connectivity index (χ0n) is 12.7. The Morgan fingerprint density at radius 3 is 2.88 bits per heavy atom. The molecule has 0 unspecified atom stereocenters. The van der Waals surface area contributed by atoms with Crippen molar-refractivity contribution in [1.29, 1.82) is 0 Å². The Hall–Kier alpha value is -2.74. The molecule has 2 aromatic rings. The van der Waals surface area contributed by atoms with E-state index in [1.165, 1.54) is 23.5 Å². The molecule has 0 spiro atoms. The highest BCUT2D eigenvalue weighted by molar-refractivity contribution is 7.08. The lowest BCUT2D eigenvalue weighted by Gasteiger charge is -2.17. The first-order chi connectivity index (χ1) is 11.6. The zero-order valence-corrected chi connectivity index (χ0v) is 13.5. The lowest BCUT2D eigenvalue weighted by atomic mass is 10.1. The van der Waals surface area contributed by atoms with Crippen LogP contribution in [0.15, 0.2) is 35.0 Å². The SMILES string of the molecule is O=C(NCCC(=O)N1CCc2ccc([N+](=O)[O-])cc21)c1ccsc1. The molecule has 124 valence electrons. The summed E-state index contributed by atoms with van der Waals surface area (Å²) in [6.07, 6.45) is 0.832. The number of benzene rings is 1. The Labute approximate surface area is 142 Å². The monoisotopic (exact) mass is 345 g/mol. The van der Waals surface area contributed by atoms with Gasteiger partial charge in [-0.3, -0.25) is 19.7 Å². The number of fused-ring (bicyclic) bond motifs is 1. The molecule has 7 nitrogen and oxygen atoms in total. The molecule has 1 aromatic heterocycles. The lowest BCUT2D eigenvalue weighted by molar-refractivity contribution is -0.384. The van der Waals surface area contributed by atoms with Crippen LogP contribution in [0.2, 0.25) is 0 Å². The number of thiophene rings is 1. The topological polar surface area (TPSA) is 92.6 Å². The quantitative estimate of drug-likeness (QED) is 0.665. The van der Waals surface area contributed by atoms with E-state index in [-0.39, 0.29) is 30.5 Å². The number of amides is 2. The van der Waals surface area contributed by atoms with Crippen LogP contribution in [0.1, 0.15) is 22.3 Å². The first-order valence-corrected chi connectivity index (χ1v) is 8.38. The van der Waals surface area contributed by atoms with Crippen molar-refractivity contribution in [1.82, 2.24) is 5.32 Å². The van der Waals surface area contributed by atoms with Crippen molar-refractivity contribution in [2.24, 2.45) is 0 Å². The third kappa shape index (κ3) is 3.28. The van der Waals surface area contributed by atoms with Crippen molar-refractivity contribution < 1.29 is 14.5 Å². The molecule has 8 heteroatoms. The fourth-order valence-electron chi connectivity index (χ4n) is 2.65. The second-order valence-corrected chi connectivity index (χ2v) is 6.16. The van der Waals surface area contributed by atoms with Gasteiger partial charge in [-0.05, 0) is 23.4 Å². The molecular formula is C16H15N3O4S. The summed E-state index contributed by atoms with van der Waals surface area (Å²) >= 11 is 1.43. The minimum absolute atomic E-state index is 0.0285. The second-order valence-electron chi connectivity index (χ2n) is 5.38. The Kier molecular flexibility index (Phi) is 4.57. The molecule has 1 aromatic carbocycles. The Morgan fingerprint density at radius 2 is 2.17 bits per heavy atom. The smallest absolute Gasteiger partial charge is 0.271 e. The fraction of sp³-hybridized carbons (Fsp3) is 0.250. The minimum atomic E-state index is -0.470. The maximum atomic E-state index is 12.4. The molecule has 2 heterocycles. The molecular weight excluding hydrogens is 330 g/mol. The third-order valence-corrected chi connectivity index (χ3v) is 4.57. The molecule has 0 aliphatic carbocycles. The summed E-state index contributed by atoms with van der Waals surface area (Å²) in [5, 5.41) is 17.2. The first-order valence-electron chi connectivity index (χ1n) is 7.44.